The Morgan fingerprint density at radius 3 is 2.82 bits per heavy atom. The zero-order valence-corrected chi connectivity index (χ0v) is 16.5. The van der Waals surface area contributed by atoms with Gasteiger partial charge in [-0.25, -0.2) is 4.68 Å². The molecule has 3 heterocycles. The molecule has 2 N–H and O–H groups in total. The molecule has 1 aliphatic carbocycles. The lowest BCUT2D eigenvalue weighted by atomic mass is 9.97. The SMILES string of the molecule is O=C(CN1CCCC(C(=O)Nc2nncs2)C1)Nc1ccnn1C1CCCC1. The van der Waals surface area contributed by atoms with E-state index in [1.54, 1.807) is 11.7 Å². The number of carbonyl (C=O) groups is 2. The number of nitrogens with one attached hydrogen (secondary N) is 2. The number of anilines is 2. The van der Waals surface area contributed by atoms with E-state index in [1.807, 2.05) is 15.6 Å². The van der Waals surface area contributed by atoms with Crippen molar-refractivity contribution in [1.29, 1.82) is 0 Å². The standard InChI is InChI=1S/C18H25N7O2S/c26-16(21-15-7-8-20-25(15)14-5-1-2-6-14)11-24-9-3-4-13(10-24)17(27)22-18-23-19-12-28-18/h7-8,12-14H,1-6,9-11H2,(H,21,26)(H,22,23,27). The van der Waals surface area contributed by atoms with Gasteiger partial charge in [0.15, 0.2) is 0 Å². The lowest BCUT2D eigenvalue weighted by molar-refractivity contribution is -0.123. The van der Waals surface area contributed by atoms with Crippen LogP contribution in [0, 0.1) is 5.92 Å². The van der Waals surface area contributed by atoms with E-state index in [0.29, 0.717) is 17.7 Å². The molecule has 9 nitrogen and oxygen atoms in total. The summed E-state index contributed by atoms with van der Waals surface area (Å²) in [4.78, 5) is 27.0. The summed E-state index contributed by atoms with van der Waals surface area (Å²) in [5.74, 6) is 0.500. The topological polar surface area (TPSA) is 105 Å². The van der Waals surface area contributed by atoms with Gasteiger partial charge in [0.1, 0.15) is 11.3 Å². The second-order valence-corrected chi connectivity index (χ2v) is 8.29. The van der Waals surface area contributed by atoms with Crippen molar-refractivity contribution in [3.63, 3.8) is 0 Å². The summed E-state index contributed by atoms with van der Waals surface area (Å²) in [6, 6.07) is 2.23. The van der Waals surface area contributed by atoms with Crippen LogP contribution in [0.25, 0.3) is 0 Å². The Hall–Kier alpha value is -2.33. The molecule has 2 aromatic rings. The molecule has 2 fully saturated rings. The van der Waals surface area contributed by atoms with Gasteiger partial charge in [0.2, 0.25) is 16.9 Å². The van der Waals surface area contributed by atoms with Gasteiger partial charge < -0.3 is 10.6 Å². The Morgan fingerprint density at radius 2 is 2.04 bits per heavy atom. The molecule has 1 aliphatic heterocycles. The Labute approximate surface area is 167 Å². The van der Waals surface area contributed by atoms with Crippen molar-refractivity contribution in [1.82, 2.24) is 24.9 Å². The monoisotopic (exact) mass is 403 g/mol. The molecule has 150 valence electrons. The van der Waals surface area contributed by atoms with Gasteiger partial charge in [0.05, 0.1) is 24.7 Å². The second-order valence-electron chi connectivity index (χ2n) is 7.45. The van der Waals surface area contributed by atoms with Crippen molar-refractivity contribution in [2.45, 2.75) is 44.6 Å². The summed E-state index contributed by atoms with van der Waals surface area (Å²) < 4.78 is 1.94. The van der Waals surface area contributed by atoms with Gasteiger partial charge in [-0.1, -0.05) is 24.2 Å². The van der Waals surface area contributed by atoms with Crippen molar-refractivity contribution < 1.29 is 9.59 Å². The molecule has 0 bridgehead atoms. The van der Waals surface area contributed by atoms with Gasteiger partial charge in [-0.3, -0.25) is 14.5 Å². The van der Waals surface area contributed by atoms with Crippen LogP contribution in [0.4, 0.5) is 10.9 Å². The molecule has 2 aliphatic rings. The maximum Gasteiger partial charge on any atom is 0.239 e. The number of likely N-dealkylation sites (tertiary alicyclic amines) is 1. The van der Waals surface area contributed by atoms with Gasteiger partial charge >= 0.3 is 0 Å². The molecule has 1 saturated carbocycles. The Kier molecular flexibility index (Phi) is 5.96. The fraction of sp³-hybridized carbons (Fsp3) is 0.611. The highest BCUT2D eigenvalue weighted by atomic mass is 32.1. The fourth-order valence-electron chi connectivity index (χ4n) is 4.09. The highest BCUT2D eigenvalue weighted by Crippen LogP contribution is 2.31. The van der Waals surface area contributed by atoms with Crippen molar-refractivity contribution in [2.75, 3.05) is 30.3 Å². The maximum absolute atomic E-state index is 12.6. The number of hydrogen-bond donors (Lipinski definition) is 2. The summed E-state index contributed by atoms with van der Waals surface area (Å²) in [5.41, 5.74) is 1.59. The normalized spacial score (nSPS) is 20.9. The smallest absolute Gasteiger partial charge is 0.239 e. The predicted molar refractivity (Wildman–Crippen MR) is 106 cm³/mol. The molecule has 1 saturated heterocycles. The van der Waals surface area contributed by atoms with Crippen molar-refractivity contribution in [2.24, 2.45) is 5.92 Å². The largest absolute Gasteiger partial charge is 0.310 e. The lowest BCUT2D eigenvalue weighted by Gasteiger charge is -2.31. The third kappa shape index (κ3) is 4.56. The molecule has 1 atom stereocenters. The number of aromatic nitrogens is 4. The number of piperidine rings is 1. The van der Waals surface area contributed by atoms with E-state index >= 15 is 0 Å². The van der Waals surface area contributed by atoms with Crippen LogP contribution in [0.1, 0.15) is 44.6 Å². The van der Waals surface area contributed by atoms with E-state index in [2.05, 4.69) is 25.9 Å². The zero-order valence-electron chi connectivity index (χ0n) is 15.7. The molecular formula is C18H25N7O2S. The van der Waals surface area contributed by atoms with E-state index in [0.717, 1.165) is 38.0 Å². The third-order valence-corrected chi connectivity index (χ3v) is 6.05. The van der Waals surface area contributed by atoms with Crippen LogP contribution in [-0.2, 0) is 9.59 Å². The van der Waals surface area contributed by atoms with Crippen molar-refractivity contribution in [3.8, 4) is 0 Å². The van der Waals surface area contributed by atoms with Crippen LogP contribution in [0.5, 0.6) is 0 Å². The minimum Gasteiger partial charge on any atom is -0.310 e. The van der Waals surface area contributed by atoms with E-state index in [4.69, 9.17) is 0 Å². The van der Waals surface area contributed by atoms with Crippen molar-refractivity contribution >= 4 is 34.1 Å². The summed E-state index contributed by atoms with van der Waals surface area (Å²) >= 11 is 1.30. The molecule has 4 rings (SSSR count). The fourth-order valence-corrected chi connectivity index (χ4v) is 4.53. The van der Waals surface area contributed by atoms with E-state index in [-0.39, 0.29) is 24.3 Å². The Bertz CT molecular complexity index is 801. The van der Waals surface area contributed by atoms with Crippen LogP contribution in [0.3, 0.4) is 0 Å². The van der Waals surface area contributed by atoms with Crippen LogP contribution < -0.4 is 10.6 Å². The highest BCUT2D eigenvalue weighted by molar-refractivity contribution is 7.13. The summed E-state index contributed by atoms with van der Waals surface area (Å²) in [7, 11) is 0. The highest BCUT2D eigenvalue weighted by Gasteiger charge is 2.28. The summed E-state index contributed by atoms with van der Waals surface area (Å²) in [6.07, 6.45) is 8.10. The molecule has 1 unspecified atom stereocenters. The van der Waals surface area contributed by atoms with E-state index in [9.17, 15) is 9.59 Å². The molecule has 0 aromatic carbocycles. The number of amides is 2. The van der Waals surface area contributed by atoms with Crippen LogP contribution >= 0.6 is 11.3 Å². The van der Waals surface area contributed by atoms with Gasteiger partial charge in [-0.05, 0) is 32.2 Å². The Balaban J connectivity index is 1.29. The molecule has 28 heavy (non-hydrogen) atoms. The maximum atomic E-state index is 12.6. The first-order valence-electron chi connectivity index (χ1n) is 9.82. The molecule has 0 radical (unpaired) electrons. The average molecular weight is 404 g/mol. The number of rotatable bonds is 6. The summed E-state index contributed by atoms with van der Waals surface area (Å²) in [6.45, 7) is 1.66. The van der Waals surface area contributed by atoms with Crippen LogP contribution in [-0.4, -0.2) is 56.3 Å². The van der Waals surface area contributed by atoms with Crippen LogP contribution in [0.2, 0.25) is 0 Å². The molecular weight excluding hydrogens is 378 g/mol. The third-order valence-electron chi connectivity index (χ3n) is 5.44. The number of hydrogen-bond acceptors (Lipinski definition) is 7. The number of carbonyl (C=O) groups excluding carboxylic acids is 2. The zero-order chi connectivity index (χ0) is 19.3. The van der Waals surface area contributed by atoms with Gasteiger partial charge in [0.25, 0.3) is 0 Å². The van der Waals surface area contributed by atoms with Gasteiger partial charge in [0, 0.05) is 12.6 Å². The second kappa shape index (κ2) is 8.78. The van der Waals surface area contributed by atoms with Gasteiger partial charge in [-0.2, -0.15) is 5.10 Å². The van der Waals surface area contributed by atoms with Gasteiger partial charge in [-0.15, -0.1) is 10.2 Å². The minimum absolute atomic E-state index is 0.0545. The first-order chi connectivity index (χ1) is 13.7. The number of nitrogens with zero attached hydrogens (tertiary/aromatic N) is 5. The van der Waals surface area contributed by atoms with E-state index < -0.39 is 0 Å². The van der Waals surface area contributed by atoms with Crippen LogP contribution in [0.15, 0.2) is 17.8 Å². The lowest BCUT2D eigenvalue weighted by Crippen LogP contribution is -2.44. The average Bonchev–Trinajstić information content (AvgIpc) is 3.44. The first-order valence-corrected chi connectivity index (χ1v) is 10.7. The molecule has 2 aromatic heterocycles. The minimum atomic E-state index is -0.144. The molecule has 0 spiro atoms. The predicted octanol–water partition coefficient (Wildman–Crippen LogP) is 2.14. The molecule has 2 amide bonds. The quantitative estimate of drug-likeness (QED) is 0.766. The van der Waals surface area contributed by atoms with E-state index in [1.165, 1.54) is 24.2 Å². The first kappa shape index (κ1) is 19.0. The van der Waals surface area contributed by atoms with Crippen molar-refractivity contribution in [3.05, 3.63) is 17.8 Å². The Morgan fingerprint density at radius 1 is 1.18 bits per heavy atom. The summed E-state index contributed by atoms with van der Waals surface area (Å²) in [5, 5.41) is 18.3. The molecule has 10 heteroatoms.